The monoisotopic (exact) mass is 260 g/mol. The lowest BCUT2D eigenvalue weighted by atomic mass is 10.00. The lowest BCUT2D eigenvalue weighted by Crippen LogP contribution is -2.35. The Kier molecular flexibility index (Phi) is 3.60. The van der Waals surface area contributed by atoms with Crippen LogP contribution < -0.4 is 5.11 Å². The molecule has 0 N–H and O–H groups in total. The Morgan fingerprint density at radius 3 is 2.68 bits per heavy atom. The molecule has 0 radical (unpaired) electrons. The van der Waals surface area contributed by atoms with Crippen LogP contribution in [0.4, 0.5) is 0 Å². The molecule has 2 rings (SSSR count). The number of carbonyl (C=O) groups excluding carboxylic acids is 2. The number of amides is 1. The zero-order valence-corrected chi connectivity index (χ0v) is 11.5. The van der Waals surface area contributed by atoms with Crippen molar-refractivity contribution >= 4 is 11.9 Å². The number of nitrogens with zero attached hydrogens (tertiary/aromatic N) is 1. The molecule has 1 aliphatic rings. The summed E-state index contributed by atoms with van der Waals surface area (Å²) < 4.78 is 0. The first-order valence-electron chi connectivity index (χ1n) is 6.51. The van der Waals surface area contributed by atoms with Gasteiger partial charge in [-0.05, 0) is 24.5 Å². The van der Waals surface area contributed by atoms with Gasteiger partial charge in [-0.1, -0.05) is 31.5 Å². The largest absolute Gasteiger partial charge is 0.550 e. The molecule has 0 spiro atoms. The zero-order valence-electron chi connectivity index (χ0n) is 11.5. The number of carbonyl (C=O) groups is 2. The standard InChI is InChI=1S/C15H19NO3/c1-9(2)8-16-13(7-14(17)18)11-5-4-10(3)6-12(11)15(16)19/h4-6,9,13H,7-8H2,1-3H3,(H,17,18)/p-1. The second-order valence-corrected chi connectivity index (χ2v) is 5.53. The quantitative estimate of drug-likeness (QED) is 0.819. The smallest absolute Gasteiger partial charge is 0.254 e. The molecule has 4 nitrogen and oxygen atoms in total. The molecule has 1 aliphatic heterocycles. The number of rotatable bonds is 4. The van der Waals surface area contributed by atoms with Gasteiger partial charge in [0.2, 0.25) is 0 Å². The first kappa shape index (κ1) is 13.6. The van der Waals surface area contributed by atoms with E-state index >= 15 is 0 Å². The Hall–Kier alpha value is -1.84. The van der Waals surface area contributed by atoms with Crippen LogP contribution in [0.5, 0.6) is 0 Å². The highest BCUT2D eigenvalue weighted by Crippen LogP contribution is 2.36. The van der Waals surface area contributed by atoms with E-state index in [1.54, 1.807) is 4.90 Å². The Labute approximate surface area is 113 Å². The third-order valence-electron chi connectivity index (χ3n) is 3.36. The van der Waals surface area contributed by atoms with Gasteiger partial charge in [-0.3, -0.25) is 4.79 Å². The van der Waals surface area contributed by atoms with Gasteiger partial charge in [0, 0.05) is 24.5 Å². The first-order chi connectivity index (χ1) is 8.90. The van der Waals surface area contributed by atoms with Crippen LogP contribution in [-0.2, 0) is 4.79 Å². The Morgan fingerprint density at radius 1 is 1.42 bits per heavy atom. The number of aryl methyl sites for hydroxylation is 1. The van der Waals surface area contributed by atoms with E-state index in [0.717, 1.165) is 11.1 Å². The fourth-order valence-electron chi connectivity index (χ4n) is 2.59. The topological polar surface area (TPSA) is 60.4 Å². The van der Waals surface area contributed by atoms with Gasteiger partial charge in [0.25, 0.3) is 5.91 Å². The summed E-state index contributed by atoms with van der Waals surface area (Å²) in [6.45, 7) is 6.51. The van der Waals surface area contributed by atoms with Crippen molar-refractivity contribution in [3.8, 4) is 0 Å². The number of fused-ring (bicyclic) bond motifs is 1. The summed E-state index contributed by atoms with van der Waals surface area (Å²) in [5.74, 6) is -0.901. The molecule has 1 atom stereocenters. The summed E-state index contributed by atoms with van der Waals surface area (Å²) in [6, 6.07) is 5.21. The van der Waals surface area contributed by atoms with Gasteiger partial charge in [0.15, 0.2) is 0 Å². The molecule has 1 unspecified atom stereocenters. The van der Waals surface area contributed by atoms with Crippen molar-refractivity contribution in [2.45, 2.75) is 33.2 Å². The van der Waals surface area contributed by atoms with Crippen LogP contribution in [0, 0.1) is 12.8 Å². The van der Waals surface area contributed by atoms with Crippen molar-refractivity contribution in [2.24, 2.45) is 5.92 Å². The van der Waals surface area contributed by atoms with E-state index in [2.05, 4.69) is 0 Å². The van der Waals surface area contributed by atoms with Gasteiger partial charge >= 0.3 is 0 Å². The van der Waals surface area contributed by atoms with Gasteiger partial charge < -0.3 is 14.8 Å². The highest BCUT2D eigenvalue weighted by Gasteiger charge is 2.36. The van der Waals surface area contributed by atoms with Crippen molar-refractivity contribution in [1.29, 1.82) is 0 Å². The van der Waals surface area contributed by atoms with Gasteiger partial charge in [-0.2, -0.15) is 0 Å². The van der Waals surface area contributed by atoms with Gasteiger partial charge in [0.05, 0.1) is 6.04 Å². The molecular weight excluding hydrogens is 242 g/mol. The third kappa shape index (κ3) is 2.62. The lowest BCUT2D eigenvalue weighted by Gasteiger charge is -2.27. The second-order valence-electron chi connectivity index (χ2n) is 5.53. The molecule has 0 bridgehead atoms. The van der Waals surface area contributed by atoms with Crippen molar-refractivity contribution in [1.82, 2.24) is 4.90 Å². The molecule has 0 saturated heterocycles. The predicted molar refractivity (Wildman–Crippen MR) is 69.4 cm³/mol. The molecule has 0 aliphatic carbocycles. The number of hydrogen-bond donors (Lipinski definition) is 0. The molecule has 0 fully saturated rings. The first-order valence-corrected chi connectivity index (χ1v) is 6.51. The fraction of sp³-hybridized carbons (Fsp3) is 0.467. The van der Waals surface area contributed by atoms with Crippen LogP contribution in [-0.4, -0.2) is 23.3 Å². The molecular formula is C15H18NO3-. The molecule has 1 aromatic rings. The number of carboxylic acids is 1. The number of carboxylic acid groups (broad SMARTS) is 1. The van der Waals surface area contributed by atoms with Crippen LogP contribution in [0.1, 0.15) is 47.8 Å². The normalized spacial score (nSPS) is 18.0. The van der Waals surface area contributed by atoms with E-state index in [9.17, 15) is 14.7 Å². The number of hydrogen-bond acceptors (Lipinski definition) is 3. The van der Waals surface area contributed by atoms with E-state index < -0.39 is 12.0 Å². The molecule has 1 aromatic carbocycles. The average molecular weight is 260 g/mol. The Balaban J connectivity index is 2.41. The highest BCUT2D eigenvalue weighted by molar-refractivity contribution is 5.99. The van der Waals surface area contributed by atoms with Gasteiger partial charge in [-0.25, -0.2) is 0 Å². The summed E-state index contributed by atoms with van der Waals surface area (Å²) in [6.07, 6.45) is -0.144. The Bertz CT molecular complexity index is 522. The summed E-state index contributed by atoms with van der Waals surface area (Å²) in [4.78, 5) is 25.0. The summed E-state index contributed by atoms with van der Waals surface area (Å²) in [5, 5.41) is 10.9. The lowest BCUT2D eigenvalue weighted by molar-refractivity contribution is -0.306. The summed E-state index contributed by atoms with van der Waals surface area (Å²) in [7, 11) is 0. The molecule has 1 amide bonds. The number of benzene rings is 1. The van der Waals surface area contributed by atoms with Crippen LogP contribution in [0.2, 0.25) is 0 Å². The summed E-state index contributed by atoms with van der Waals surface area (Å²) >= 11 is 0. The van der Waals surface area contributed by atoms with Crippen LogP contribution >= 0.6 is 0 Å². The molecule has 102 valence electrons. The van der Waals surface area contributed by atoms with E-state index in [1.165, 1.54) is 0 Å². The SMILES string of the molecule is Cc1ccc2c(c1)C(=O)N(CC(C)C)C2CC(=O)[O-]. The maximum absolute atomic E-state index is 12.4. The van der Waals surface area contributed by atoms with Crippen LogP contribution in [0.25, 0.3) is 0 Å². The maximum Gasteiger partial charge on any atom is 0.254 e. The molecule has 0 aromatic heterocycles. The maximum atomic E-state index is 12.4. The molecule has 4 heteroatoms. The van der Waals surface area contributed by atoms with E-state index in [1.807, 2.05) is 39.0 Å². The van der Waals surface area contributed by atoms with Crippen molar-refractivity contribution in [3.05, 3.63) is 34.9 Å². The Morgan fingerprint density at radius 2 is 2.11 bits per heavy atom. The van der Waals surface area contributed by atoms with Gasteiger partial charge in [0.1, 0.15) is 0 Å². The fourth-order valence-corrected chi connectivity index (χ4v) is 2.59. The molecule has 19 heavy (non-hydrogen) atoms. The number of aliphatic carboxylic acids is 1. The third-order valence-corrected chi connectivity index (χ3v) is 3.36. The van der Waals surface area contributed by atoms with Crippen molar-refractivity contribution in [3.63, 3.8) is 0 Å². The summed E-state index contributed by atoms with van der Waals surface area (Å²) in [5.41, 5.74) is 2.44. The van der Waals surface area contributed by atoms with E-state index in [-0.39, 0.29) is 12.3 Å². The van der Waals surface area contributed by atoms with Gasteiger partial charge in [-0.15, -0.1) is 0 Å². The average Bonchev–Trinajstić information content (AvgIpc) is 2.53. The predicted octanol–water partition coefficient (Wildman–Crippen LogP) is 1.29. The minimum absolute atomic E-state index is 0.0707. The van der Waals surface area contributed by atoms with E-state index in [4.69, 9.17) is 0 Å². The minimum atomic E-state index is -1.13. The molecule has 0 saturated carbocycles. The minimum Gasteiger partial charge on any atom is -0.550 e. The van der Waals surface area contributed by atoms with E-state index in [0.29, 0.717) is 18.0 Å². The zero-order chi connectivity index (χ0) is 14.2. The molecule has 1 heterocycles. The van der Waals surface area contributed by atoms with Crippen LogP contribution in [0.3, 0.4) is 0 Å². The van der Waals surface area contributed by atoms with Crippen molar-refractivity contribution < 1.29 is 14.7 Å². The van der Waals surface area contributed by atoms with Crippen molar-refractivity contribution in [2.75, 3.05) is 6.54 Å². The van der Waals surface area contributed by atoms with Crippen LogP contribution in [0.15, 0.2) is 18.2 Å². The highest BCUT2D eigenvalue weighted by atomic mass is 16.4. The second kappa shape index (κ2) is 5.03.